The number of carboxylic acid groups (broad SMARTS) is 1. The number of hydrogen-bond donors (Lipinski definition) is 3. The Bertz CT molecular complexity index is 640. The van der Waals surface area contributed by atoms with Gasteiger partial charge in [0.2, 0.25) is 0 Å². The monoisotopic (exact) mass is 276 g/mol. The Hall–Kier alpha value is -2.34. The second kappa shape index (κ2) is 5.75. The molecule has 20 heavy (non-hydrogen) atoms. The molecule has 0 saturated heterocycles. The highest BCUT2D eigenvalue weighted by Gasteiger charge is 2.15. The first-order chi connectivity index (χ1) is 9.52. The van der Waals surface area contributed by atoms with E-state index in [0.717, 1.165) is 0 Å². The average Bonchev–Trinajstić information content (AvgIpc) is 2.43. The smallest absolute Gasteiger partial charge is 0.339 e. The number of ether oxygens (including phenoxy) is 1. The van der Waals surface area contributed by atoms with Crippen LogP contribution in [0.2, 0.25) is 0 Å². The van der Waals surface area contributed by atoms with Crippen LogP contribution in [0, 0.1) is 0 Å². The molecule has 0 fully saturated rings. The number of aliphatic hydroxyl groups excluding tert-OH is 1. The molecule has 0 aliphatic rings. The summed E-state index contributed by atoms with van der Waals surface area (Å²) in [6.07, 6.45) is 0.715. The lowest BCUT2D eigenvalue weighted by atomic mass is 10.1. The second-order valence-electron chi connectivity index (χ2n) is 4.47. The number of benzene rings is 1. The predicted octanol–water partition coefficient (Wildman–Crippen LogP) is 1.73. The van der Waals surface area contributed by atoms with Crippen LogP contribution in [0.5, 0.6) is 5.75 Å². The van der Waals surface area contributed by atoms with Crippen molar-refractivity contribution in [2.75, 3.05) is 19.0 Å². The summed E-state index contributed by atoms with van der Waals surface area (Å²) in [5.41, 5.74) is 1.15. The molecule has 1 aromatic carbocycles. The number of methoxy groups -OCH3 is 1. The van der Waals surface area contributed by atoms with Gasteiger partial charge in [-0.15, -0.1) is 0 Å². The molecule has 6 heteroatoms. The van der Waals surface area contributed by atoms with Crippen molar-refractivity contribution in [3.05, 3.63) is 30.0 Å². The van der Waals surface area contributed by atoms with E-state index in [2.05, 4.69) is 10.3 Å². The number of rotatable bonds is 5. The predicted molar refractivity (Wildman–Crippen MR) is 75.4 cm³/mol. The van der Waals surface area contributed by atoms with E-state index in [4.69, 9.17) is 4.74 Å². The van der Waals surface area contributed by atoms with Crippen LogP contribution in [0.1, 0.15) is 17.3 Å². The molecule has 0 amide bonds. The summed E-state index contributed by atoms with van der Waals surface area (Å²) in [4.78, 5) is 15.4. The molecule has 2 aromatic rings. The maximum atomic E-state index is 11.3. The van der Waals surface area contributed by atoms with Crippen LogP contribution >= 0.6 is 0 Å². The zero-order valence-corrected chi connectivity index (χ0v) is 11.3. The van der Waals surface area contributed by atoms with E-state index in [1.165, 1.54) is 6.20 Å². The molecule has 0 aliphatic carbocycles. The molecular formula is C14H16N2O4. The Kier molecular flexibility index (Phi) is 4.05. The molecule has 2 rings (SSSR count). The Labute approximate surface area is 116 Å². The van der Waals surface area contributed by atoms with Crippen molar-refractivity contribution in [2.24, 2.45) is 0 Å². The standard InChI is InChI=1S/C14H16N2O4/c1-8(17)6-16-13-10-5-9(20-2)3-4-12(10)15-7-11(13)14(18)19/h3-5,7-8,17H,6H2,1-2H3,(H,15,16)(H,18,19). The van der Waals surface area contributed by atoms with Gasteiger partial charge in [-0.05, 0) is 25.1 Å². The van der Waals surface area contributed by atoms with Crippen LogP contribution in [-0.4, -0.2) is 40.9 Å². The van der Waals surface area contributed by atoms with E-state index in [1.54, 1.807) is 32.2 Å². The van der Waals surface area contributed by atoms with Gasteiger partial charge in [-0.1, -0.05) is 0 Å². The van der Waals surface area contributed by atoms with E-state index in [9.17, 15) is 15.0 Å². The van der Waals surface area contributed by atoms with Crippen molar-refractivity contribution in [3.8, 4) is 5.75 Å². The molecule has 0 spiro atoms. The number of carboxylic acids is 1. The molecule has 0 bridgehead atoms. The molecule has 6 nitrogen and oxygen atoms in total. The number of hydrogen-bond acceptors (Lipinski definition) is 5. The second-order valence-corrected chi connectivity index (χ2v) is 4.47. The van der Waals surface area contributed by atoms with Gasteiger partial charge in [0.1, 0.15) is 11.3 Å². The molecule has 1 heterocycles. The average molecular weight is 276 g/mol. The van der Waals surface area contributed by atoms with Crippen molar-refractivity contribution in [1.82, 2.24) is 4.98 Å². The van der Waals surface area contributed by atoms with Gasteiger partial charge in [-0.25, -0.2) is 4.79 Å². The lowest BCUT2D eigenvalue weighted by molar-refractivity contribution is 0.0697. The van der Waals surface area contributed by atoms with E-state index in [0.29, 0.717) is 22.3 Å². The molecular weight excluding hydrogens is 260 g/mol. The highest BCUT2D eigenvalue weighted by atomic mass is 16.5. The van der Waals surface area contributed by atoms with Gasteiger partial charge >= 0.3 is 5.97 Å². The van der Waals surface area contributed by atoms with Gasteiger partial charge in [0.05, 0.1) is 24.4 Å². The van der Waals surface area contributed by atoms with Crippen LogP contribution in [-0.2, 0) is 0 Å². The fourth-order valence-electron chi connectivity index (χ4n) is 1.90. The fourth-order valence-corrected chi connectivity index (χ4v) is 1.90. The van der Waals surface area contributed by atoms with Crippen molar-refractivity contribution >= 4 is 22.6 Å². The van der Waals surface area contributed by atoms with Crippen molar-refractivity contribution in [3.63, 3.8) is 0 Å². The van der Waals surface area contributed by atoms with Gasteiger partial charge in [0, 0.05) is 18.1 Å². The van der Waals surface area contributed by atoms with Crippen LogP contribution < -0.4 is 10.1 Å². The van der Waals surface area contributed by atoms with Gasteiger partial charge in [0.25, 0.3) is 0 Å². The van der Waals surface area contributed by atoms with Crippen LogP contribution in [0.25, 0.3) is 10.9 Å². The Morgan fingerprint density at radius 1 is 1.50 bits per heavy atom. The minimum absolute atomic E-state index is 0.0615. The van der Waals surface area contributed by atoms with Gasteiger partial charge in [-0.2, -0.15) is 0 Å². The first kappa shape index (κ1) is 14.1. The zero-order chi connectivity index (χ0) is 14.7. The fraction of sp³-hybridized carbons (Fsp3) is 0.286. The maximum Gasteiger partial charge on any atom is 0.339 e. The third-order valence-electron chi connectivity index (χ3n) is 2.88. The quantitative estimate of drug-likeness (QED) is 0.770. The molecule has 0 radical (unpaired) electrons. The molecule has 0 saturated carbocycles. The number of pyridine rings is 1. The summed E-state index contributed by atoms with van der Waals surface area (Å²) in [7, 11) is 1.54. The highest BCUT2D eigenvalue weighted by molar-refractivity contribution is 6.04. The SMILES string of the molecule is COc1ccc2ncc(C(=O)O)c(NCC(C)O)c2c1. The van der Waals surface area contributed by atoms with E-state index in [1.807, 2.05) is 0 Å². The summed E-state index contributed by atoms with van der Waals surface area (Å²) in [6.45, 7) is 1.87. The number of carbonyl (C=O) groups is 1. The van der Waals surface area contributed by atoms with Gasteiger partial charge < -0.3 is 20.3 Å². The third-order valence-corrected chi connectivity index (χ3v) is 2.88. The number of nitrogens with one attached hydrogen (secondary N) is 1. The van der Waals surface area contributed by atoms with Crippen LogP contribution in [0.4, 0.5) is 5.69 Å². The lowest BCUT2D eigenvalue weighted by Gasteiger charge is -2.14. The summed E-state index contributed by atoms with van der Waals surface area (Å²) < 4.78 is 5.15. The van der Waals surface area contributed by atoms with E-state index < -0.39 is 12.1 Å². The van der Waals surface area contributed by atoms with Gasteiger partial charge in [0.15, 0.2) is 0 Å². The molecule has 1 unspecified atom stereocenters. The largest absolute Gasteiger partial charge is 0.497 e. The molecule has 1 aromatic heterocycles. The first-order valence-corrected chi connectivity index (χ1v) is 6.15. The summed E-state index contributed by atoms with van der Waals surface area (Å²) in [5.74, 6) is -0.461. The first-order valence-electron chi connectivity index (χ1n) is 6.15. The summed E-state index contributed by atoms with van der Waals surface area (Å²) in [6, 6.07) is 5.24. The molecule has 0 aliphatic heterocycles. The number of aliphatic hydroxyl groups is 1. The van der Waals surface area contributed by atoms with Gasteiger partial charge in [-0.3, -0.25) is 4.98 Å². The molecule has 106 valence electrons. The zero-order valence-electron chi connectivity index (χ0n) is 11.3. The number of nitrogens with zero attached hydrogens (tertiary/aromatic N) is 1. The van der Waals surface area contributed by atoms with E-state index in [-0.39, 0.29) is 12.1 Å². The summed E-state index contributed by atoms with van der Waals surface area (Å²) >= 11 is 0. The Morgan fingerprint density at radius 2 is 2.25 bits per heavy atom. The number of fused-ring (bicyclic) bond motifs is 1. The minimum Gasteiger partial charge on any atom is -0.497 e. The normalized spacial score (nSPS) is 12.2. The topological polar surface area (TPSA) is 91.7 Å². The highest BCUT2D eigenvalue weighted by Crippen LogP contribution is 2.29. The van der Waals surface area contributed by atoms with Crippen LogP contribution in [0.15, 0.2) is 24.4 Å². The van der Waals surface area contributed by atoms with Crippen LogP contribution in [0.3, 0.4) is 0 Å². The number of anilines is 1. The Morgan fingerprint density at radius 3 is 2.85 bits per heavy atom. The van der Waals surface area contributed by atoms with E-state index >= 15 is 0 Å². The third kappa shape index (κ3) is 2.80. The minimum atomic E-state index is -1.07. The number of aromatic nitrogens is 1. The Balaban J connectivity index is 2.61. The lowest BCUT2D eigenvalue weighted by Crippen LogP contribution is -2.17. The maximum absolute atomic E-state index is 11.3. The molecule has 3 N–H and O–H groups in total. The molecule has 1 atom stereocenters. The van der Waals surface area contributed by atoms with Crippen molar-refractivity contribution in [1.29, 1.82) is 0 Å². The van der Waals surface area contributed by atoms with Crippen molar-refractivity contribution in [2.45, 2.75) is 13.0 Å². The summed E-state index contributed by atoms with van der Waals surface area (Å²) in [5, 5.41) is 22.2. The number of aromatic carboxylic acids is 1. The van der Waals surface area contributed by atoms with Crippen molar-refractivity contribution < 1.29 is 19.7 Å².